The molecule has 2 atom stereocenters. The summed E-state index contributed by atoms with van der Waals surface area (Å²) in [6, 6.07) is 2.98. The Morgan fingerprint density at radius 1 is 1.46 bits per heavy atom. The maximum atomic E-state index is 8.81. The van der Waals surface area contributed by atoms with Crippen LogP contribution in [-0.2, 0) is 0 Å². The molecule has 0 spiro atoms. The van der Waals surface area contributed by atoms with Crippen LogP contribution >= 0.6 is 0 Å². The highest BCUT2D eigenvalue weighted by Crippen LogP contribution is 2.23. The third-order valence-electron chi connectivity index (χ3n) is 2.67. The van der Waals surface area contributed by atoms with Crippen LogP contribution in [0.25, 0.3) is 0 Å². The van der Waals surface area contributed by atoms with E-state index in [1.54, 1.807) is 0 Å². The van der Waals surface area contributed by atoms with E-state index in [0.29, 0.717) is 17.9 Å². The molecule has 1 aliphatic carbocycles. The first kappa shape index (κ1) is 10.5. The van der Waals surface area contributed by atoms with Gasteiger partial charge in [-0.25, -0.2) is 0 Å². The van der Waals surface area contributed by atoms with Crippen LogP contribution in [0.4, 0.5) is 0 Å². The van der Waals surface area contributed by atoms with Crippen LogP contribution in [0.5, 0.6) is 0 Å². The van der Waals surface area contributed by atoms with Gasteiger partial charge >= 0.3 is 0 Å². The number of nitriles is 1. The SMILES string of the molecule is CC(C)CNC1CCCC(C#N)C1. The molecule has 1 aliphatic rings. The second-order valence-corrected chi connectivity index (χ2v) is 4.49. The second-order valence-electron chi connectivity index (χ2n) is 4.49. The van der Waals surface area contributed by atoms with Gasteiger partial charge < -0.3 is 5.32 Å². The molecule has 0 heterocycles. The smallest absolute Gasteiger partial charge is 0.0656 e. The van der Waals surface area contributed by atoms with Crippen LogP contribution in [0.3, 0.4) is 0 Å². The fraction of sp³-hybridized carbons (Fsp3) is 0.909. The molecule has 0 aliphatic heterocycles. The average Bonchev–Trinajstić information content (AvgIpc) is 2.15. The highest BCUT2D eigenvalue weighted by molar-refractivity contribution is 4.90. The molecule has 0 amide bonds. The van der Waals surface area contributed by atoms with Gasteiger partial charge in [-0.1, -0.05) is 20.3 Å². The summed E-state index contributed by atoms with van der Waals surface area (Å²) in [4.78, 5) is 0. The van der Waals surface area contributed by atoms with Crippen LogP contribution in [0.2, 0.25) is 0 Å². The van der Waals surface area contributed by atoms with Gasteiger partial charge in [0.1, 0.15) is 0 Å². The molecule has 1 fully saturated rings. The van der Waals surface area contributed by atoms with Crippen molar-refractivity contribution in [1.29, 1.82) is 5.26 Å². The number of rotatable bonds is 3. The van der Waals surface area contributed by atoms with Crippen LogP contribution < -0.4 is 5.32 Å². The molecule has 0 radical (unpaired) electrons. The zero-order valence-electron chi connectivity index (χ0n) is 8.71. The zero-order valence-corrected chi connectivity index (χ0v) is 8.71. The number of hydrogen-bond donors (Lipinski definition) is 1. The van der Waals surface area contributed by atoms with Crippen molar-refractivity contribution >= 4 is 0 Å². The van der Waals surface area contributed by atoms with E-state index < -0.39 is 0 Å². The molecule has 0 aromatic rings. The summed E-state index contributed by atoms with van der Waals surface area (Å²) in [7, 11) is 0. The molecule has 2 unspecified atom stereocenters. The van der Waals surface area contributed by atoms with Crippen molar-refractivity contribution in [3.63, 3.8) is 0 Å². The van der Waals surface area contributed by atoms with Gasteiger partial charge in [0.15, 0.2) is 0 Å². The van der Waals surface area contributed by atoms with Gasteiger partial charge in [-0.3, -0.25) is 0 Å². The van der Waals surface area contributed by atoms with Gasteiger partial charge in [0, 0.05) is 12.0 Å². The van der Waals surface area contributed by atoms with E-state index in [2.05, 4.69) is 25.2 Å². The molecule has 1 N–H and O–H groups in total. The van der Waals surface area contributed by atoms with E-state index in [0.717, 1.165) is 19.4 Å². The first-order valence-electron chi connectivity index (χ1n) is 5.35. The van der Waals surface area contributed by atoms with E-state index in [4.69, 9.17) is 5.26 Å². The molecule has 13 heavy (non-hydrogen) atoms. The van der Waals surface area contributed by atoms with Gasteiger partial charge in [0.25, 0.3) is 0 Å². The fourth-order valence-electron chi connectivity index (χ4n) is 1.89. The van der Waals surface area contributed by atoms with Crippen LogP contribution in [-0.4, -0.2) is 12.6 Å². The summed E-state index contributed by atoms with van der Waals surface area (Å²) >= 11 is 0. The molecule has 1 saturated carbocycles. The Balaban J connectivity index is 2.23. The predicted molar refractivity (Wildman–Crippen MR) is 54.2 cm³/mol. The quantitative estimate of drug-likeness (QED) is 0.723. The molecule has 0 bridgehead atoms. The van der Waals surface area contributed by atoms with Gasteiger partial charge in [-0.05, 0) is 31.7 Å². The van der Waals surface area contributed by atoms with E-state index in [1.165, 1.54) is 12.8 Å². The largest absolute Gasteiger partial charge is 0.314 e. The van der Waals surface area contributed by atoms with E-state index >= 15 is 0 Å². The lowest BCUT2D eigenvalue weighted by Gasteiger charge is -2.26. The monoisotopic (exact) mass is 180 g/mol. The Labute approximate surface area is 81.3 Å². The molecule has 1 rings (SSSR count). The van der Waals surface area contributed by atoms with Gasteiger partial charge in [-0.15, -0.1) is 0 Å². The zero-order chi connectivity index (χ0) is 9.68. The van der Waals surface area contributed by atoms with Crippen molar-refractivity contribution in [1.82, 2.24) is 5.32 Å². The molecular formula is C11H20N2. The summed E-state index contributed by atoms with van der Waals surface area (Å²) in [5, 5.41) is 12.3. The average molecular weight is 180 g/mol. The lowest BCUT2D eigenvalue weighted by Crippen LogP contribution is -2.36. The summed E-state index contributed by atoms with van der Waals surface area (Å²) in [5.74, 6) is 1.01. The number of hydrogen-bond acceptors (Lipinski definition) is 2. The number of nitrogens with zero attached hydrogens (tertiary/aromatic N) is 1. The third-order valence-corrected chi connectivity index (χ3v) is 2.67. The molecular weight excluding hydrogens is 160 g/mol. The highest BCUT2D eigenvalue weighted by Gasteiger charge is 2.20. The molecule has 0 saturated heterocycles. The topological polar surface area (TPSA) is 35.8 Å². The van der Waals surface area contributed by atoms with Crippen molar-refractivity contribution in [2.45, 2.75) is 45.6 Å². The minimum absolute atomic E-state index is 0.304. The first-order valence-corrected chi connectivity index (χ1v) is 5.35. The standard InChI is InChI=1S/C11H20N2/c1-9(2)8-13-11-5-3-4-10(6-11)7-12/h9-11,13H,3-6,8H2,1-2H3. The Kier molecular flexibility index (Phi) is 4.24. The van der Waals surface area contributed by atoms with Gasteiger partial charge in [0.05, 0.1) is 6.07 Å². The molecule has 74 valence electrons. The van der Waals surface area contributed by atoms with Crippen LogP contribution in [0.15, 0.2) is 0 Å². The second kappa shape index (κ2) is 5.24. The molecule has 2 nitrogen and oxygen atoms in total. The minimum atomic E-state index is 0.304. The highest BCUT2D eigenvalue weighted by atomic mass is 14.9. The molecule has 0 aromatic carbocycles. The third kappa shape index (κ3) is 3.78. The summed E-state index contributed by atoms with van der Waals surface area (Å²) in [6.07, 6.45) is 4.64. The Bertz CT molecular complexity index is 181. The minimum Gasteiger partial charge on any atom is -0.314 e. The Hall–Kier alpha value is -0.550. The normalized spacial score (nSPS) is 28.8. The van der Waals surface area contributed by atoms with E-state index in [1.807, 2.05) is 0 Å². The van der Waals surface area contributed by atoms with Crippen molar-refractivity contribution in [3.8, 4) is 6.07 Å². The lowest BCUT2D eigenvalue weighted by molar-refractivity contribution is 0.318. The Morgan fingerprint density at radius 2 is 2.23 bits per heavy atom. The summed E-state index contributed by atoms with van der Waals surface area (Å²) in [5.41, 5.74) is 0. The summed E-state index contributed by atoms with van der Waals surface area (Å²) < 4.78 is 0. The molecule has 2 heteroatoms. The fourth-order valence-corrected chi connectivity index (χ4v) is 1.89. The van der Waals surface area contributed by atoms with Gasteiger partial charge in [0.2, 0.25) is 0 Å². The maximum absolute atomic E-state index is 8.81. The van der Waals surface area contributed by atoms with Gasteiger partial charge in [-0.2, -0.15) is 5.26 Å². The van der Waals surface area contributed by atoms with E-state index in [-0.39, 0.29) is 0 Å². The lowest BCUT2D eigenvalue weighted by atomic mass is 9.86. The van der Waals surface area contributed by atoms with Crippen molar-refractivity contribution in [2.24, 2.45) is 11.8 Å². The molecule has 0 aromatic heterocycles. The van der Waals surface area contributed by atoms with Crippen molar-refractivity contribution in [2.75, 3.05) is 6.54 Å². The maximum Gasteiger partial charge on any atom is 0.0656 e. The predicted octanol–water partition coefficient (Wildman–Crippen LogP) is 2.31. The van der Waals surface area contributed by atoms with Crippen LogP contribution in [0.1, 0.15) is 39.5 Å². The van der Waals surface area contributed by atoms with Crippen molar-refractivity contribution in [3.05, 3.63) is 0 Å². The van der Waals surface area contributed by atoms with Crippen molar-refractivity contribution < 1.29 is 0 Å². The number of nitrogens with one attached hydrogen (secondary N) is 1. The van der Waals surface area contributed by atoms with E-state index in [9.17, 15) is 0 Å². The van der Waals surface area contributed by atoms with Crippen LogP contribution in [0, 0.1) is 23.2 Å². The first-order chi connectivity index (χ1) is 6.22. The Morgan fingerprint density at radius 3 is 2.85 bits per heavy atom. The summed E-state index contributed by atoms with van der Waals surface area (Å²) in [6.45, 7) is 5.53.